The maximum Gasteiger partial charge on any atom is 0.335 e. The highest BCUT2D eigenvalue weighted by atomic mass is 79.9. The molecular weight excluding hydrogens is 334 g/mol. The molecular formula is C16H16BrNO3. The number of hydrogen-bond donors (Lipinski definition) is 1. The minimum absolute atomic E-state index is 0.260. The maximum atomic E-state index is 11.0. The van der Waals surface area contributed by atoms with Gasteiger partial charge in [0.15, 0.2) is 0 Å². The van der Waals surface area contributed by atoms with Crippen molar-refractivity contribution in [2.24, 2.45) is 0 Å². The summed E-state index contributed by atoms with van der Waals surface area (Å²) in [4.78, 5) is 13.0. The van der Waals surface area contributed by atoms with E-state index in [1.54, 1.807) is 25.3 Å². The van der Waals surface area contributed by atoms with Crippen molar-refractivity contribution in [2.45, 2.75) is 6.54 Å². The summed E-state index contributed by atoms with van der Waals surface area (Å²) >= 11 is 3.43. The van der Waals surface area contributed by atoms with E-state index in [4.69, 9.17) is 9.84 Å². The molecule has 110 valence electrons. The number of para-hydroxylation sites is 1. The van der Waals surface area contributed by atoms with Gasteiger partial charge in [-0.25, -0.2) is 4.79 Å². The SMILES string of the molecule is COc1ccccc1CN(C)c1ccc(C(=O)O)cc1Br. The van der Waals surface area contributed by atoms with Crippen LogP contribution in [0.2, 0.25) is 0 Å². The van der Waals surface area contributed by atoms with Crippen molar-refractivity contribution < 1.29 is 14.6 Å². The van der Waals surface area contributed by atoms with Gasteiger partial charge in [0.25, 0.3) is 0 Å². The van der Waals surface area contributed by atoms with Gasteiger partial charge in [-0.2, -0.15) is 0 Å². The Hall–Kier alpha value is -2.01. The molecule has 0 bridgehead atoms. The molecule has 0 amide bonds. The quantitative estimate of drug-likeness (QED) is 0.891. The molecule has 0 aromatic heterocycles. The Morgan fingerprint density at radius 2 is 2.00 bits per heavy atom. The highest BCUT2D eigenvalue weighted by Gasteiger charge is 2.12. The summed E-state index contributed by atoms with van der Waals surface area (Å²) in [5.41, 5.74) is 2.25. The van der Waals surface area contributed by atoms with Crippen molar-refractivity contribution in [3.8, 4) is 5.75 Å². The van der Waals surface area contributed by atoms with E-state index in [0.717, 1.165) is 21.5 Å². The number of anilines is 1. The molecule has 0 spiro atoms. The number of hydrogen-bond acceptors (Lipinski definition) is 3. The van der Waals surface area contributed by atoms with Gasteiger partial charge in [0.2, 0.25) is 0 Å². The lowest BCUT2D eigenvalue weighted by Gasteiger charge is -2.22. The van der Waals surface area contributed by atoms with Gasteiger partial charge in [0.05, 0.1) is 18.4 Å². The molecule has 0 fully saturated rings. The topological polar surface area (TPSA) is 49.8 Å². The standard InChI is InChI=1S/C16H16BrNO3/c1-18(10-12-5-3-4-6-15(12)21-2)14-8-7-11(16(19)20)9-13(14)17/h3-9H,10H2,1-2H3,(H,19,20). The van der Waals surface area contributed by atoms with Crippen LogP contribution in [-0.4, -0.2) is 25.2 Å². The molecule has 5 heteroatoms. The van der Waals surface area contributed by atoms with Gasteiger partial charge < -0.3 is 14.7 Å². The zero-order chi connectivity index (χ0) is 15.4. The van der Waals surface area contributed by atoms with Gasteiger partial charge in [-0.15, -0.1) is 0 Å². The first-order valence-corrected chi connectivity index (χ1v) is 7.18. The number of carboxylic acids is 1. The molecule has 4 nitrogen and oxygen atoms in total. The fraction of sp³-hybridized carbons (Fsp3) is 0.188. The highest BCUT2D eigenvalue weighted by Crippen LogP contribution is 2.29. The molecule has 0 aliphatic heterocycles. The normalized spacial score (nSPS) is 10.2. The molecule has 21 heavy (non-hydrogen) atoms. The number of aromatic carboxylic acids is 1. The van der Waals surface area contributed by atoms with E-state index >= 15 is 0 Å². The van der Waals surface area contributed by atoms with Gasteiger partial charge in [-0.1, -0.05) is 18.2 Å². The van der Waals surface area contributed by atoms with Crippen LogP contribution >= 0.6 is 15.9 Å². The lowest BCUT2D eigenvalue weighted by Crippen LogP contribution is -2.17. The van der Waals surface area contributed by atoms with E-state index in [-0.39, 0.29) is 5.56 Å². The van der Waals surface area contributed by atoms with Crippen molar-refractivity contribution in [3.63, 3.8) is 0 Å². The summed E-state index contributed by atoms with van der Waals surface area (Å²) < 4.78 is 6.10. The van der Waals surface area contributed by atoms with Crippen molar-refractivity contribution in [2.75, 3.05) is 19.1 Å². The third-order valence-electron chi connectivity index (χ3n) is 3.21. The zero-order valence-corrected chi connectivity index (χ0v) is 13.4. The van der Waals surface area contributed by atoms with Crippen LogP contribution in [0.5, 0.6) is 5.75 Å². The van der Waals surface area contributed by atoms with E-state index in [9.17, 15) is 4.79 Å². The van der Waals surface area contributed by atoms with Crippen molar-refractivity contribution >= 4 is 27.6 Å². The van der Waals surface area contributed by atoms with E-state index in [2.05, 4.69) is 15.9 Å². The van der Waals surface area contributed by atoms with Gasteiger partial charge in [0.1, 0.15) is 5.75 Å². The molecule has 2 aromatic rings. The second kappa shape index (κ2) is 6.63. The number of ether oxygens (including phenoxy) is 1. The number of nitrogens with zero attached hydrogens (tertiary/aromatic N) is 1. The highest BCUT2D eigenvalue weighted by molar-refractivity contribution is 9.10. The second-order valence-electron chi connectivity index (χ2n) is 4.64. The minimum atomic E-state index is -0.936. The number of rotatable bonds is 5. The Morgan fingerprint density at radius 1 is 1.29 bits per heavy atom. The Balaban J connectivity index is 2.24. The van der Waals surface area contributed by atoms with Crippen LogP contribution in [-0.2, 0) is 6.54 Å². The van der Waals surface area contributed by atoms with Gasteiger partial charge in [0, 0.05) is 23.6 Å². The monoisotopic (exact) mass is 349 g/mol. The first-order chi connectivity index (χ1) is 10.0. The fourth-order valence-corrected chi connectivity index (χ4v) is 2.81. The van der Waals surface area contributed by atoms with Crippen LogP contribution in [0.25, 0.3) is 0 Å². The molecule has 0 aliphatic rings. The molecule has 0 saturated heterocycles. The Morgan fingerprint density at radius 3 is 2.62 bits per heavy atom. The molecule has 0 saturated carbocycles. The summed E-state index contributed by atoms with van der Waals surface area (Å²) in [5, 5.41) is 8.99. The molecule has 0 heterocycles. The van der Waals surface area contributed by atoms with Crippen LogP contribution in [0.3, 0.4) is 0 Å². The number of carbonyl (C=O) groups is 1. The summed E-state index contributed by atoms with van der Waals surface area (Å²) in [6.07, 6.45) is 0. The Kier molecular flexibility index (Phi) is 4.85. The maximum absolute atomic E-state index is 11.0. The zero-order valence-electron chi connectivity index (χ0n) is 11.8. The lowest BCUT2D eigenvalue weighted by molar-refractivity contribution is 0.0697. The molecule has 2 aromatic carbocycles. The summed E-state index contributed by atoms with van der Waals surface area (Å²) in [6, 6.07) is 12.8. The Labute approximate surface area is 132 Å². The smallest absolute Gasteiger partial charge is 0.335 e. The van der Waals surface area contributed by atoms with E-state index in [1.165, 1.54) is 0 Å². The average Bonchev–Trinajstić information content (AvgIpc) is 2.47. The van der Waals surface area contributed by atoms with Gasteiger partial charge >= 0.3 is 5.97 Å². The number of halogens is 1. The third-order valence-corrected chi connectivity index (χ3v) is 3.84. The van der Waals surface area contributed by atoms with E-state index < -0.39 is 5.97 Å². The van der Waals surface area contributed by atoms with E-state index in [1.807, 2.05) is 36.2 Å². The molecule has 1 N–H and O–H groups in total. The molecule has 0 radical (unpaired) electrons. The summed E-state index contributed by atoms with van der Waals surface area (Å²) in [7, 11) is 3.60. The number of carboxylic acid groups (broad SMARTS) is 1. The summed E-state index contributed by atoms with van der Waals surface area (Å²) in [5.74, 6) is -0.0998. The number of benzene rings is 2. The fourth-order valence-electron chi connectivity index (χ4n) is 2.12. The van der Waals surface area contributed by atoms with Gasteiger partial charge in [-0.3, -0.25) is 0 Å². The summed E-state index contributed by atoms with van der Waals surface area (Å²) in [6.45, 7) is 0.662. The molecule has 2 rings (SSSR count). The van der Waals surface area contributed by atoms with Crippen LogP contribution in [0.1, 0.15) is 15.9 Å². The Bertz CT molecular complexity index is 658. The average molecular weight is 350 g/mol. The van der Waals surface area contributed by atoms with Crippen LogP contribution in [0.4, 0.5) is 5.69 Å². The van der Waals surface area contributed by atoms with Crippen LogP contribution in [0.15, 0.2) is 46.9 Å². The van der Waals surface area contributed by atoms with Crippen molar-refractivity contribution in [1.29, 1.82) is 0 Å². The number of methoxy groups -OCH3 is 1. The third kappa shape index (κ3) is 3.55. The predicted octanol–water partition coefficient (Wildman–Crippen LogP) is 3.79. The van der Waals surface area contributed by atoms with E-state index in [0.29, 0.717) is 6.54 Å². The van der Waals surface area contributed by atoms with Crippen LogP contribution in [0, 0.1) is 0 Å². The first kappa shape index (κ1) is 15.4. The van der Waals surface area contributed by atoms with Crippen LogP contribution < -0.4 is 9.64 Å². The lowest BCUT2D eigenvalue weighted by atomic mass is 10.1. The van der Waals surface area contributed by atoms with Crippen molar-refractivity contribution in [1.82, 2.24) is 0 Å². The molecule has 0 unspecified atom stereocenters. The first-order valence-electron chi connectivity index (χ1n) is 6.39. The molecule has 0 aliphatic carbocycles. The minimum Gasteiger partial charge on any atom is -0.496 e. The largest absolute Gasteiger partial charge is 0.496 e. The second-order valence-corrected chi connectivity index (χ2v) is 5.49. The van der Waals surface area contributed by atoms with Crippen molar-refractivity contribution in [3.05, 3.63) is 58.1 Å². The molecule has 0 atom stereocenters. The van der Waals surface area contributed by atoms with Gasteiger partial charge in [-0.05, 0) is 40.2 Å². The predicted molar refractivity (Wildman–Crippen MR) is 86.2 cm³/mol.